The average molecular weight is 326 g/mol. The number of carboxylic acid groups (broad SMARTS) is 1. The number of aliphatic hydroxyl groups excluding tert-OH is 1. The van der Waals surface area contributed by atoms with Gasteiger partial charge in [-0.2, -0.15) is 4.39 Å². The van der Waals surface area contributed by atoms with E-state index in [2.05, 4.69) is 0 Å². The minimum atomic E-state index is -4.71. The van der Waals surface area contributed by atoms with Gasteiger partial charge in [-0.3, -0.25) is 10.1 Å². The van der Waals surface area contributed by atoms with E-state index < -0.39 is 55.8 Å². The summed E-state index contributed by atoms with van der Waals surface area (Å²) in [5.74, 6) is -4.90. The second-order valence-corrected chi connectivity index (χ2v) is 5.43. The van der Waals surface area contributed by atoms with Crippen molar-refractivity contribution in [3.8, 4) is 0 Å². The van der Waals surface area contributed by atoms with E-state index in [1.165, 1.54) is 4.72 Å². The van der Waals surface area contributed by atoms with Crippen LogP contribution in [0, 0.1) is 21.7 Å². The Morgan fingerprint density at radius 3 is 2.43 bits per heavy atom. The highest BCUT2D eigenvalue weighted by Gasteiger charge is 2.27. The maximum Gasteiger partial charge on any atom is 0.333 e. The summed E-state index contributed by atoms with van der Waals surface area (Å²) >= 11 is 0. The maximum atomic E-state index is 13.4. The van der Waals surface area contributed by atoms with E-state index in [1.807, 2.05) is 0 Å². The lowest BCUT2D eigenvalue weighted by Crippen LogP contribution is -2.36. The van der Waals surface area contributed by atoms with Gasteiger partial charge >= 0.3 is 11.7 Å². The molecule has 0 heterocycles. The molecule has 12 heteroatoms. The summed E-state index contributed by atoms with van der Waals surface area (Å²) in [6.07, 6.45) is -2.10. The number of benzene rings is 1. The highest BCUT2D eigenvalue weighted by Crippen LogP contribution is 2.24. The van der Waals surface area contributed by atoms with Crippen LogP contribution in [0.15, 0.2) is 17.0 Å². The SMILES string of the molecule is O=C(O)[C@@H](O)CNS(=O)(=O)c1cc([N+](=O)[O-])c(F)cc1F. The Balaban J connectivity index is 3.17. The van der Waals surface area contributed by atoms with Crippen LogP contribution in [0.4, 0.5) is 14.5 Å². The summed E-state index contributed by atoms with van der Waals surface area (Å²) in [5, 5.41) is 27.7. The zero-order valence-corrected chi connectivity index (χ0v) is 10.8. The first-order valence-corrected chi connectivity index (χ1v) is 6.58. The van der Waals surface area contributed by atoms with Gasteiger partial charge in [-0.1, -0.05) is 0 Å². The molecule has 1 atom stereocenters. The molecule has 116 valence electrons. The lowest BCUT2D eigenvalue weighted by atomic mass is 10.3. The van der Waals surface area contributed by atoms with Gasteiger partial charge in [-0.15, -0.1) is 0 Å². The lowest BCUT2D eigenvalue weighted by Gasteiger charge is -2.09. The van der Waals surface area contributed by atoms with Crippen LogP contribution in [-0.4, -0.2) is 42.2 Å². The van der Waals surface area contributed by atoms with Crippen molar-refractivity contribution in [3.63, 3.8) is 0 Å². The Bertz CT molecular complexity index is 692. The van der Waals surface area contributed by atoms with Crippen LogP contribution in [0.1, 0.15) is 0 Å². The maximum absolute atomic E-state index is 13.4. The van der Waals surface area contributed by atoms with Crippen LogP contribution in [0.3, 0.4) is 0 Å². The van der Waals surface area contributed by atoms with Gasteiger partial charge in [0, 0.05) is 18.7 Å². The number of nitrogens with zero attached hydrogens (tertiary/aromatic N) is 1. The van der Waals surface area contributed by atoms with Crippen molar-refractivity contribution in [1.29, 1.82) is 0 Å². The molecule has 0 amide bonds. The molecule has 9 nitrogen and oxygen atoms in total. The van der Waals surface area contributed by atoms with Crippen LogP contribution in [0.5, 0.6) is 0 Å². The number of halogens is 2. The fourth-order valence-electron chi connectivity index (χ4n) is 1.22. The molecule has 0 aromatic heterocycles. The van der Waals surface area contributed by atoms with Gasteiger partial charge < -0.3 is 10.2 Å². The molecular weight excluding hydrogens is 318 g/mol. The second-order valence-electron chi connectivity index (χ2n) is 3.70. The number of aliphatic hydroxyl groups is 1. The van der Waals surface area contributed by atoms with Crippen LogP contribution < -0.4 is 4.72 Å². The zero-order chi connectivity index (χ0) is 16.4. The van der Waals surface area contributed by atoms with E-state index in [0.717, 1.165) is 0 Å². The van der Waals surface area contributed by atoms with Gasteiger partial charge in [0.1, 0.15) is 10.7 Å². The molecule has 0 fully saturated rings. The summed E-state index contributed by atoms with van der Waals surface area (Å²) < 4.78 is 51.4. The smallest absolute Gasteiger partial charge is 0.333 e. The van der Waals surface area contributed by atoms with Crippen molar-refractivity contribution < 1.29 is 37.1 Å². The van der Waals surface area contributed by atoms with Gasteiger partial charge in [0.2, 0.25) is 15.8 Å². The summed E-state index contributed by atoms with van der Waals surface area (Å²) in [7, 11) is -4.71. The summed E-state index contributed by atoms with van der Waals surface area (Å²) in [5.41, 5.74) is -1.27. The van der Waals surface area contributed by atoms with Crippen molar-refractivity contribution in [2.45, 2.75) is 11.0 Å². The molecule has 1 aromatic rings. The highest BCUT2D eigenvalue weighted by atomic mass is 32.2. The van der Waals surface area contributed by atoms with E-state index in [1.54, 1.807) is 0 Å². The van der Waals surface area contributed by atoms with Crippen molar-refractivity contribution >= 4 is 21.7 Å². The first-order chi connectivity index (χ1) is 9.56. The predicted octanol–water partition coefficient (Wildman–Crippen LogP) is -0.403. The van der Waals surface area contributed by atoms with E-state index in [-0.39, 0.29) is 12.1 Å². The fourth-order valence-corrected chi connectivity index (χ4v) is 2.33. The van der Waals surface area contributed by atoms with E-state index >= 15 is 0 Å². The molecule has 0 saturated carbocycles. The average Bonchev–Trinajstić information content (AvgIpc) is 2.34. The molecule has 1 rings (SSSR count). The Hall–Kier alpha value is -2.18. The third kappa shape index (κ3) is 3.90. The number of hydrogen-bond acceptors (Lipinski definition) is 6. The number of nitro groups is 1. The molecule has 21 heavy (non-hydrogen) atoms. The highest BCUT2D eigenvalue weighted by molar-refractivity contribution is 7.89. The largest absolute Gasteiger partial charge is 0.479 e. The van der Waals surface area contributed by atoms with Crippen LogP contribution >= 0.6 is 0 Å². The molecule has 0 aliphatic rings. The number of carboxylic acids is 1. The molecular formula is C9H8F2N2O7S. The van der Waals surface area contributed by atoms with E-state index in [4.69, 9.17) is 10.2 Å². The second kappa shape index (κ2) is 6.07. The number of sulfonamides is 1. The third-order valence-electron chi connectivity index (χ3n) is 2.24. The number of nitrogens with one attached hydrogen (secondary N) is 1. The molecule has 0 aliphatic heterocycles. The van der Waals surface area contributed by atoms with Crippen molar-refractivity contribution in [2.24, 2.45) is 0 Å². The van der Waals surface area contributed by atoms with Crippen LogP contribution in [0.25, 0.3) is 0 Å². The zero-order valence-electron chi connectivity index (χ0n) is 9.99. The standard InChI is InChI=1S/C9H8F2N2O7S/c10-4-1-5(11)8(2-6(4)13(17)18)21(19,20)12-3-7(14)9(15)16/h1-2,7,12,14H,3H2,(H,15,16)/t7-/m0/s1. The van der Waals surface area contributed by atoms with E-state index in [0.29, 0.717) is 0 Å². The third-order valence-corrected chi connectivity index (χ3v) is 3.68. The molecule has 0 unspecified atom stereocenters. The molecule has 0 spiro atoms. The minimum Gasteiger partial charge on any atom is -0.479 e. The Morgan fingerprint density at radius 2 is 1.95 bits per heavy atom. The normalized spacial score (nSPS) is 12.9. The Morgan fingerprint density at radius 1 is 1.38 bits per heavy atom. The minimum absolute atomic E-state index is 0.0142. The van der Waals surface area contributed by atoms with Gasteiger partial charge in [0.25, 0.3) is 0 Å². The number of hydrogen-bond donors (Lipinski definition) is 3. The predicted molar refractivity (Wildman–Crippen MR) is 61.8 cm³/mol. The van der Waals surface area contributed by atoms with Gasteiger partial charge in [0.15, 0.2) is 6.10 Å². The van der Waals surface area contributed by atoms with Crippen LogP contribution in [0.2, 0.25) is 0 Å². The number of rotatable bonds is 6. The van der Waals surface area contributed by atoms with Crippen molar-refractivity contribution in [3.05, 3.63) is 33.9 Å². The number of nitro benzene ring substituents is 1. The first kappa shape index (κ1) is 16.9. The van der Waals surface area contributed by atoms with Gasteiger partial charge in [-0.25, -0.2) is 22.3 Å². The molecule has 3 N–H and O–H groups in total. The monoisotopic (exact) mass is 326 g/mol. The first-order valence-electron chi connectivity index (χ1n) is 5.10. The summed E-state index contributed by atoms with van der Waals surface area (Å²) in [6, 6.07) is 0.167. The van der Waals surface area contributed by atoms with Gasteiger partial charge in [-0.05, 0) is 0 Å². The fraction of sp³-hybridized carbons (Fsp3) is 0.222. The quantitative estimate of drug-likeness (QED) is 0.476. The summed E-state index contributed by atoms with van der Waals surface area (Å²) in [6.45, 7) is -0.998. The molecule has 1 aromatic carbocycles. The Labute approximate surface area is 116 Å². The van der Waals surface area contributed by atoms with E-state index in [9.17, 15) is 32.1 Å². The lowest BCUT2D eigenvalue weighted by molar-refractivity contribution is -0.387. The summed E-state index contributed by atoms with van der Waals surface area (Å²) in [4.78, 5) is 18.3. The topological polar surface area (TPSA) is 147 Å². The van der Waals surface area contributed by atoms with Crippen molar-refractivity contribution in [2.75, 3.05) is 6.54 Å². The number of aliphatic carboxylic acids is 1. The molecule has 0 radical (unpaired) electrons. The van der Waals surface area contributed by atoms with Crippen LogP contribution in [-0.2, 0) is 14.8 Å². The Kier molecular flexibility index (Phi) is 4.88. The molecule has 0 aliphatic carbocycles. The molecule has 0 saturated heterocycles. The van der Waals surface area contributed by atoms with Crippen molar-refractivity contribution in [1.82, 2.24) is 4.72 Å². The number of carbonyl (C=O) groups is 1. The van der Waals surface area contributed by atoms with Gasteiger partial charge in [0.05, 0.1) is 4.92 Å². The molecule has 0 bridgehead atoms.